The molecule has 1 aliphatic carbocycles. The van der Waals surface area contributed by atoms with E-state index in [0.29, 0.717) is 4.47 Å². The van der Waals surface area contributed by atoms with Crippen LogP contribution >= 0.6 is 15.9 Å². The maximum Gasteiger partial charge on any atom is 0.137 e. The molecule has 1 aromatic rings. The third kappa shape index (κ3) is 2.41. The first-order chi connectivity index (χ1) is 8.09. The van der Waals surface area contributed by atoms with Crippen molar-refractivity contribution in [2.45, 2.75) is 45.1 Å². The van der Waals surface area contributed by atoms with E-state index in [4.69, 9.17) is 0 Å². The minimum Gasteiger partial charge on any atom is -0.388 e. The molecule has 1 aromatic carbocycles. The molecule has 0 spiro atoms. The summed E-state index contributed by atoms with van der Waals surface area (Å²) in [5, 5.41) is 10.5. The van der Waals surface area contributed by atoms with Crippen LogP contribution in [0.25, 0.3) is 0 Å². The van der Waals surface area contributed by atoms with Crippen molar-refractivity contribution >= 4 is 15.9 Å². The molecule has 0 heterocycles. The van der Waals surface area contributed by atoms with E-state index in [-0.39, 0.29) is 11.2 Å². The molecule has 3 heteroatoms. The van der Waals surface area contributed by atoms with Gasteiger partial charge in [-0.05, 0) is 52.9 Å². The smallest absolute Gasteiger partial charge is 0.137 e. The summed E-state index contributed by atoms with van der Waals surface area (Å²) < 4.78 is 13.6. The van der Waals surface area contributed by atoms with Crippen LogP contribution in [-0.2, 0) is 0 Å². The van der Waals surface area contributed by atoms with Crippen molar-refractivity contribution in [1.29, 1.82) is 0 Å². The zero-order valence-corrected chi connectivity index (χ0v) is 11.6. The van der Waals surface area contributed by atoms with E-state index in [1.165, 1.54) is 18.9 Å². The van der Waals surface area contributed by atoms with E-state index in [1.807, 2.05) is 0 Å². The van der Waals surface area contributed by atoms with Crippen molar-refractivity contribution in [3.8, 4) is 0 Å². The Morgan fingerprint density at radius 2 is 2.06 bits per heavy atom. The number of aliphatic hydroxyl groups is 1. The monoisotopic (exact) mass is 300 g/mol. The normalized spacial score (nSPS) is 20.5. The molecule has 0 aromatic heterocycles. The van der Waals surface area contributed by atoms with Crippen molar-refractivity contribution in [3.63, 3.8) is 0 Å². The standard InChI is InChI=1S/C14H18BrFO/c1-2-14(7-3-4-8-14)13(17)10-5-6-12(16)11(15)9-10/h5-6,9,13,17H,2-4,7-8H2,1H3. The molecule has 2 rings (SSSR count). The van der Waals surface area contributed by atoms with E-state index in [1.54, 1.807) is 12.1 Å². The van der Waals surface area contributed by atoms with Gasteiger partial charge in [0.1, 0.15) is 5.82 Å². The lowest BCUT2D eigenvalue weighted by molar-refractivity contribution is 0.0237. The van der Waals surface area contributed by atoms with Crippen LogP contribution in [0.2, 0.25) is 0 Å². The largest absolute Gasteiger partial charge is 0.388 e. The first kappa shape index (κ1) is 13.0. The van der Waals surface area contributed by atoms with Crippen LogP contribution in [0.4, 0.5) is 4.39 Å². The molecule has 0 bridgehead atoms. The Morgan fingerprint density at radius 1 is 1.41 bits per heavy atom. The second-order valence-electron chi connectivity index (χ2n) is 5.00. The maximum absolute atomic E-state index is 13.2. The Bertz CT molecular complexity index is 399. The third-order valence-corrected chi connectivity index (χ3v) is 4.75. The van der Waals surface area contributed by atoms with Crippen molar-refractivity contribution < 1.29 is 9.50 Å². The van der Waals surface area contributed by atoms with Gasteiger partial charge < -0.3 is 5.11 Å². The lowest BCUT2D eigenvalue weighted by Gasteiger charge is -2.33. The summed E-state index contributed by atoms with van der Waals surface area (Å²) in [6.45, 7) is 2.13. The van der Waals surface area contributed by atoms with Crippen LogP contribution < -0.4 is 0 Å². The Kier molecular flexibility index (Phi) is 3.88. The number of aliphatic hydroxyl groups excluding tert-OH is 1. The lowest BCUT2D eigenvalue weighted by atomic mass is 9.75. The summed E-state index contributed by atoms with van der Waals surface area (Å²) >= 11 is 3.18. The zero-order chi connectivity index (χ0) is 12.5. The minimum atomic E-state index is -0.480. The topological polar surface area (TPSA) is 20.2 Å². The van der Waals surface area contributed by atoms with Gasteiger partial charge in [-0.25, -0.2) is 4.39 Å². The van der Waals surface area contributed by atoms with E-state index < -0.39 is 6.10 Å². The fraction of sp³-hybridized carbons (Fsp3) is 0.571. The predicted molar refractivity (Wildman–Crippen MR) is 70.3 cm³/mol. The number of benzene rings is 1. The SMILES string of the molecule is CCC1(C(O)c2ccc(F)c(Br)c2)CCCC1. The van der Waals surface area contributed by atoms with Crippen LogP contribution in [0.15, 0.2) is 22.7 Å². The van der Waals surface area contributed by atoms with E-state index in [9.17, 15) is 9.50 Å². The van der Waals surface area contributed by atoms with Crippen molar-refractivity contribution in [1.82, 2.24) is 0 Å². The van der Waals surface area contributed by atoms with Crippen LogP contribution in [-0.4, -0.2) is 5.11 Å². The summed E-state index contributed by atoms with van der Waals surface area (Å²) in [5.74, 6) is -0.280. The van der Waals surface area contributed by atoms with Crippen LogP contribution in [0.1, 0.15) is 50.7 Å². The minimum absolute atomic E-state index is 0.00271. The van der Waals surface area contributed by atoms with Crippen LogP contribution in [0.5, 0.6) is 0 Å². The molecule has 17 heavy (non-hydrogen) atoms. The van der Waals surface area contributed by atoms with Gasteiger partial charge in [0, 0.05) is 5.41 Å². The van der Waals surface area contributed by atoms with Crippen molar-refractivity contribution in [2.24, 2.45) is 5.41 Å². The van der Waals surface area contributed by atoms with Crippen molar-refractivity contribution in [3.05, 3.63) is 34.1 Å². The Hall–Kier alpha value is -0.410. The lowest BCUT2D eigenvalue weighted by Crippen LogP contribution is -2.25. The molecule has 1 unspecified atom stereocenters. The van der Waals surface area contributed by atoms with Gasteiger partial charge in [0.15, 0.2) is 0 Å². The maximum atomic E-state index is 13.2. The number of rotatable bonds is 3. The first-order valence-corrected chi connectivity index (χ1v) is 7.01. The molecule has 0 amide bonds. The van der Waals surface area contributed by atoms with Gasteiger partial charge in [-0.1, -0.05) is 25.8 Å². The molecule has 1 saturated carbocycles. The summed E-state index contributed by atoms with van der Waals surface area (Å²) in [6.07, 6.45) is 5.01. The molecule has 94 valence electrons. The Labute approximate surface area is 110 Å². The average Bonchev–Trinajstić information content (AvgIpc) is 2.81. The fourth-order valence-corrected chi connectivity index (χ4v) is 3.33. The second kappa shape index (κ2) is 5.07. The highest BCUT2D eigenvalue weighted by Gasteiger charge is 2.39. The second-order valence-corrected chi connectivity index (χ2v) is 5.85. The average molecular weight is 301 g/mol. The highest BCUT2D eigenvalue weighted by molar-refractivity contribution is 9.10. The van der Waals surface area contributed by atoms with Gasteiger partial charge in [0.05, 0.1) is 10.6 Å². The van der Waals surface area contributed by atoms with Gasteiger partial charge in [-0.2, -0.15) is 0 Å². The van der Waals surface area contributed by atoms with Gasteiger partial charge in [-0.3, -0.25) is 0 Å². The van der Waals surface area contributed by atoms with Crippen LogP contribution in [0, 0.1) is 11.2 Å². The highest BCUT2D eigenvalue weighted by atomic mass is 79.9. The predicted octanol–water partition coefficient (Wildman–Crippen LogP) is 4.59. The van der Waals surface area contributed by atoms with E-state index >= 15 is 0 Å². The molecular weight excluding hydrogens is 283 g/mol. The molecule has 0 radical (unpaired) electrons. The molecular formula is C14H18BrFO. The molecule has 1 fully saturated rings. The molecule has 1 nitrogen and oxygen atoms in total. The number of hydrogen-bond donors (Lipinski definition) is 1. The quantitative estimate of drug-likeness (QED) is 0.865. The Morgan fingerprint density at radius 3 is 2.59 bits per heavy atom. The summed E-state index contributed by atoms with van der Waals surface area (Å²) in [6, 6.07) is 4.82. The summed E-state index contributed by atoms with van der Waals surface area (Å²) in [7, 11) is 0. The van der Waals surface area contributed by atoms with Gasteiger partial charge in [-0.15, -0.1) is 0 Å². The van der Waals surface area contributed by atoms with E-state index in [0.717, 1.165) is 24.8 Å². The van der Waals surface area contributed by atoms with Gasteiger partial charge in [0.2, 0.25) is 0 Å². The zero-order valence-electron chi connectivity index (χ0n) is 10.0. The summed E-state index contributed by atoms with van der Waals surface area (Å²) in [5.41, 5.74) is 0.819. The molecule has 1 atom stereocenters. The molecule has 1 N–H and O–H groups in total. The number of hydrogen-bond acceptors (Lipinski definition) is 1. The third-order valence-electron chi connectivity index (χ3n) is 4.14. The van der Waals surface area contributed by atoms with E-state index in [2.05, 4.69) is 22.9 Å². The number of halogens is 2. The summed E-state index contributed by atoms with van der Waals surface area (Å²) in [4.78, 5) is 0. The van der Waals surface area contributed by atoms with Crippen LogP contribution in [0.3, 0.4) is 0 Å². The van der Waals surface area contributed by atoms with Gasteiger partial charge in [0.25, 0.3) is 0 Å². The molecule has 1 aliphatic rings. The van der Waals surface area contributed by atoms with Crippen molar-refractivity contribution in [2.75, 3.05) is 0 Å². The molecule has 0 saturated heterocycles. The Balaban J connectivity index is 2.29. The molecule has 0 aliphatic heterocycles. The highest BCUT2D eigenvalue weighted by Crippen LogP contribution is 2.50. The first-order valence-electron chi connectivity index (χ1n) is 6.22. The van der Waals surface area contributed by atoms with Gasteiger partial charge >= 0.3 is 0 Å². The fourth-order valence-electron chi connectivity index (χ4n) is 2.94.